The molecule has 0 aliphatic carbocycles. The summed E-state index contributed by atoms with van der Waals surface area (Å²) < 4.78 is 116. The van der Waals surface area contributed by atoms with Crippen LogP contribution in [0, 0.1) is 0 Å². The fourth-order valence-corrected chi connectivity index (χ4v) is 2.25. The molecule has 15 heteroatoms. The third-order valence-corrected chi connectivity index (χ3v) is 4.12. The monoisotopic (exact) mass is 449 g/mol. The molecule has 0 N–H and O–H groups in total. The van der Waals surface area contributed by atoms with E-state index in [4.69, 9.17) is 13.9 Å². The SMILES string of the molecule is COc1cc(OC)c2cc(/C(=N\OS(=O)(=O)C(F)(F)F)C(F)(F)F)c(=O)oc2c1. The standard InChI is InChI=1S/C14H9F6NO7S/c1-25-6-3-9(26-2)7-5-8(12(22)27-10(7)4-6)11(13(15,16)17)21-28-29(23,24)14(18,19)20/h3-5H,1-2H3/b21-11+. The van der Waals surface area contributed by atoms with E-state index in [2.05, 4.69) is 4.28 Å². The van der Waals surface area contributed by atoms with Gasteiger partial charge in [0.25, 0.3) is 0 Å². The van der Waals surface area contributed by atoms with Crippen LogP contribution in [0.15, 0.2) is 32.6 Å². The second kappa shape index (κ2) is 7.46. The van der Waals surface area contributed by atoms with Crippen molar-refractivity contribution in [2.45, 2.75) is 11.7 Å². The van der Waals surface area contributed by atoms with E-state index in [9.17, 15) is 39.6 Å². The van der Waals surface area contributed by atoms with Gasteiger partial charge in [0.2, 0.25) is 0 Å². The number of nitrogens with zero attached hydrogens (tertiary/aromatic N) is 1. The Morgan fingerprint density at radius 2 is 1.66 bits per heavy atom. The summed E-state index contributed by atoms with van der Waals surface area (Å²) in [7, 11) is -4.11. The number of fused-ring (bicyclic) bond motifs is 1. The van der Waals surface area contributed by atoms with Crippen LogP contribution in [0.25, 0.3) is 11.0 Å². The van der Waals surface area contributed by atoms with Gasteiger partial charge in [-0.2, -0.15) is 34.8 Å². The Hall–Kier alpha value is -2.97. The predicted octanol–water partition coefficient (Wildman–Crippen LogP) is 2.94. The molecule has 0 aliphatic heterocycles. The van der Waals surface area contributed by atoms with Gasteiger partial charge in [-0.15, -0.1) is 0 Å². The molecule has 0 bridgehead atoms. The molecule has 0 spiro atoms. The minimum absolute atomic E-state index is 0.116. The molecule has 0 fully saturated rings. The summed E-state index contributed by atoms with van der Waals surface area (Å²) in [6.07, 6.45) is -5.58. The van der Waals surface area contributed by atoms with Gasteiger partial charge >= 0.3 is 27.4 Å². The second-order valence-corrected chi connectivity index (χ2v) is 6.62. The first-order valence-electron chi connectivity index (χ1n) is 7.06. The molecule has 1 aromatic carbocycles. The topological polar surface area (TPSA) is 104 Å². The number of methoxy groups -OCH3 is 2. The predicted molar refractivity (Wildman–Crippen MR) is 84.2 cm³/mol. The average molecular weight is 449 g/mol. The second-order valence-electron chi connectivity index (χ2n) is 5.10. The van der Waals surface area contributed by atoms with Crippen LogP contribution in [0.5, 0.6) is 11.5 Å². The van der Waals surface area contributed by atoms with Crippen LogP contribution < -0.4 is 15.1 Å². The molecular formula is C14H9F6NO7S. The maximum absolute atomic E-state index is 13.2. The molecule has 160 valence electrons. The van der Waals surface area contributed by atoms with Gasteiger partial charge in [-0.1, -0.05) is 5.16 Å². The van der Waals surface area contributed by atoms with Crippen molar-refractivity contribution in [3.8, 4) is 11.5 Å². The van der Waals surface area contributed by atoms with E-state index in [1.165, 1.54) is 13.2 Å². The van der Waals surface area contributed by atoms with Crippen LogP contribution in [0.2, 0.25) is 0 Å². The number of hydrogen-bond acceptors (Lipinski definition) is 8. The zero-order valence-corrected chi connectivity index (χ0v) is 15.0. The quantitative estimate of drug-likeness (QED) is 0.227. The highest BCUT2D eigenvalue weighted by atomic mass is 32.2. The molecule has 0 unspecified atom stereocenters. The Kier molecular flexibility index (Phi) is 5.74. The molecule has 0 radical (unpaired) electrons. The van der Waals surface area contributed by atoms with Crippen LogP contribution in [-0.2, 0) is 14.4 Å². The maximum atomic E-state index is 13.2. The molecule has 0 saturated carbocycles. The fraction of sp³-hybridized carbons (Fsp3) is 0.286. The van der Waals surface area contributed by atoms with E-state index in [1.807, 2.05) is 5.16 Å². The molecular weight excluding hydrogens is 440 g/mol. The summed E-state index contributed by atoms with van der Waals surface area (Å²) in [4.78, 5) is 12.0. The zero-order chi connectivity index (χ0) is 22.2. The maximum Gasteiger partial charge on any atom is 0.536 e. The van der Waals surface area contributed by atoms with E-state index in [1.54, 1.807) is 0 Å². The van der Waals surface area contributed by atoms with E-state index in [-0.39, 0.29) is 22.5 Å². The lowest BCUT2D eigenvalue weighted by atomic mass is 10.1. The Bertz CT molecular complexity index is 1120. The molecule has 2 aromatic rings. The van der Waals surface area contributed by atoms with E-state index < -0.39 is 38.7 Å². The Morgan fingerprint density at radius 1 is 1.03 bits per heavy atom. The lowest BCUT2D eigenvalue weighted by Crippen LogP contribution is -2.31. The van der Waals surface area contributed by atoms with Crippen LogP contribution in [0.3, 0.4) is 0 Å². The smallest absolute Gasteiger partial charge is 0.496 e. The van der Waals surface area contributed by atoms with Gasteiger partial charge in [-0.05, 0) is 6.07 Å². The molecule has 1 aromatic heterocycles. The van der Waals surface area contributed by atoms with Crippen molar-refractivity contribution >= 4 is 26.8 Å². The molecule has 0 amide bonds. The van der Waals surface area contributed by atoms with Gasteiger partial charge in [-0.25, -0.2) is 4.79 Å². The van der Waals surface area contributed by atoms with Crippen molar-refractivity contribution < 1.29 is 52.9 Å². The largest absolute Gasteiger partial charge is 0.536 e. The van der Waals surface area contributed by atoms with Crippen molar-refractivity contribution in [3.05, 3.63) is 34.2 Å². The van der Waals surface area contributed by atoms with Gasteiger partial charge in [-0.3, -0.25) is 4.28 Å². The number of halogens is 6. The highest BCUT2D eigenvalue weighted by Crippen LogP contribution is 2.32. The minimum Gasteiger partial charge on any atom is -0.496 e. The van der Waals surface area contributed by atoms with Crippen molar-refractivity contribution in [1.82, 2.24) is 0 Å². The summed E-state index contributed by atoms with van der Waals surface area (Å²) >= 11 is 0. The summed E-state index contributed by atoms with van der Waals surface area (Å²) in [5.74, 6) is 0.00396. The number of benzene rings is 1. The number of rotatable bonds is 5. The summed E-state index contributed by atoms with van der Waals surface area (Å²) in [6, 6.07) is 2.91. The Balaban J connectivity index is 2.74. The van der Waals surface area contributed by atoms with Crippen LogP contribution in [0.1, 0.15) is 5.56 Å². The van der Waals surface area contributed by atoms with Gasteiger partial charge in [0.15, 0.2) is 5.71 Å². The minimum atomic E-state index is -6.50. The first kappa shape index (κ1) is 22.3. The normalized spacial score (nSPS) is 13.4. The van der Waals surface area contributed by atoms with Crippen molar-refractivity contribution in [2.24, 2.45) is 5.16 Å². The number of ether oxygens (including phenoxy) is 2. The third kappa shape index (κ3) is 4.55. The zero-order valence-electron chi connectivity index (χ0n) is 14.2. The van der Waals surface area contributed by atoms with Gasteiger partial charge in [0.1, 0.15) is 17.1 Å². The first-order chi connectivity index (χ1) is 13.2. The number of oxime groups is 1. The Labute approximate surface area is 157 Å². The highest BCUT2D eigenvalue weighted by molar-refractivity contribution is 7.87. The van der Waals surface area contributed by atoms with Crippen molar-refractivity contribution in [2.75, 3.05) is 14.2 Å². The number of hydrogen-bond donors (Lipinski definition) is 0. The van der Waals surface area contributed by atoms with Crippen molar-refractivity contribution in [3.63, 3.8) is 0 Å². The summed E-state index contributed by atoms with van der Waals surface area (Å²) in [6.45, 7) is 0. The van der Waals surface area contributed by atoms with Crippen LogP contribution in [-0.4, -0.2) is 40.0 Å². The molecule has 0 aliphatic rings. The molecule has 1 heterocycles. The molecule has 2 rings (SSSR count). The molecule has 29 heavy (non-hydrogen) atoms. The Morgan fingerprint density at radius 3 is 2.14 bits per heavy atom. The van der Waals surface area contributed by atoms with Gasteiger partial charge in [0, 0.05) is 12.1 Å². The molecule has 0 atom stereocenters. The van der Waals surface area contributed by atoms with Crippen LogP contribution in [0.4, 0.5) is 26.3 Å². The van der Waals surface area contributed by atoms with Crippen molar-refractivity contribution in [1.29, 1.82) is 0 Å². The highest BCUT2D eigenvalue weighted by Gasteiger charge is 2.50. The fourth-order valence-electron chi connectivity index (χ4n) is 2.00. The molecule has 0 saturated heterocycles. The average Bonchev–Trinajstić information content (AvgIpc) is 2.58. The van der Waals surface area contributed by atoms with Gasteiger partial charge < -0.3 is 13.9 Å². The lowest BCUT2D eigenvalue weighted by Gasteiger charge is -2.12. The van der Waals surface area contributed by atoms with E-state index in [0.717, 1.165) is 13.2 Å². The third-order valence-electron chi connectivity index (χ3n) is 3.28. The van der Waals surface area contributed by atoms with E-state index >= 15 is 0 Å². The number of alkyl halides is 6. The van der Waals surface area contributed by atoms with Crippen LogP contribution >= 0.6 is 0 Å². The molecule has 8 nitrogen and oxygen atoms in total. The lowest BCUT2D eigenvalue weighted by molar-refractivity contribution is -0.0634. The summed E-state index contributed by atoms with van der Waals surface area (Å²) in [5, 5.41) is 1.81. The summed E-state index contributed by atoms with van der Waals surface area (Å²) in [5.41, 5.74) is -11.8. The van der Waals surface area contributed by atoms with E-state index in [0.29, 0.717) is 6.07 Å². The van der Waals surface area contributed by atoms with Gasteiger partial charge in [0.05, 0.1) is 25.2 Å². The first-order valence-corrected chi connectivity index (χ1v) is 8.47.